The van der Waals surface area contributed by atoms with Gasteiger partial charge in [-0.3, -0.25) is 0 Å². The summed E-state index contributed by atoms with van der Waals surface area (Å²) in [5.41, 5.74) is 9.83. The Hall–Kier alpha value is -2.51. The number of hydrogen-bond donors (Lipinski definition) is 1. The first-order chi connectivity index (χ1) is 14.4. The van der Waals surface area contributed by atoms with Crippen molar-refractivity contribution in [1.29, 1.82) is 0 Å². The third kappa shape index (κ3) is 2.42. The Bertz CT molecular complexity index is 1160. The molecule has 2 aromatic heterocycles. The lowest BCUT2D eigenvalue weighted by molar-refractivity contribution is -0.0287. The molecule has 0 amide bonds. The highest BCUT2D eigenvalue weighted by atomic mass is 19.1. The number of rotatable bonds is 3. The van der Waals surface area contributed by atoms with E-state index in [9.17, 15) is 4.39 Å². The minimum Gasteiger partial charge on any atom is -0.369 e. The van der Waals surface area contributed by atoms with Gasteiger partial charge in [-0.25, -0.2) is 13.9 Å². The molecule has 2 bridgehead atoms. The van der Waals surface area contributed by atoms with Crippen LogP contribution in [0.2, 0.25) is 0 Å². The number of hydrogen-bond acceptors (Lipinski definition) is 5. The first-order valence-corrected chi connectivity index (χ1v) is 10.7. The van der Waals surface area contributed by atoms with Crippen molar-refractivity contribution in [3.63, 3.8) is 0 Å². The van der Waals surface area contributed by atoms with Crippen LogP contribution >= 0.6 is 0 Å². The maximum Gasteiger partial charge on any atom is 0.185 e. The Kier molecular flexibility index (Phi) is 3.66. The summed E-state index contributed by atoms with van der Waals surface area (Å²) in [7, 11) is 0. The molecule has 7 rings (SSSR count). The second-order valence-corrected chi connectivity index (χ2v) is 9.52. The van der Waals surface area contributed by atoms with Crippen LogP contribution in [0.4, 0.5) is 10.1 Å². The van der Waals surface area contributed by atoms with E-state index in [1.165, 1.54) is 6.07 Å². The molecule has 3 aliphatic heterocycles. The normalized spacial score (nSPS) is 32.7. The Morgan fingerprint density at radius 3 is 2.90 bits per heavy atom. The van der Waals surface area contributed by atoms with E-state index in [2.05, 4.69) is 24.8 Å². The van der Waals surface area contributed by atoms with Crippen molar-refractivity contribution in [2.75, 3.05) is 24.6 Å². The molecule has 156 valence electrons. The van der Waals surface area contributed by atoms with E-state index in [-0.39, 0.29) is 17.3 Å². The number of aryl methyl sites for hydroxylation is 1. The van der Waals surface area contributed by atoms with Gasteiger partial charge in [-0.2, -0.15) is 0 Å². The van der Waals surface area contributed by atoms with Crippen molar-refractivity contribution < 1.29 is 9.13 Å². The number of fused-ring (bicyclic) bond motifs is 2. The highest BCUT2D eigenvalue weighted by Gasteiger charge is 2.62. The molecule has 0 radical (unpaired) electrons. The summed E-state index contributed by atoms with van der Waals surface area (Å²) >= 11 is 0. The van der Waals surface area contributed by atoms with Gasteiger partial charge in [0.25, 0.3) is 0 Å². The van der Waals surface area contributed by atoms with Crippen molar-refractivity contribution in [1.82, 2.24) is 14.6 Å². The number of halogens is 1. The number of ether oxygens (including phenoxy) is 1. The number of anilines is 1. The quantitative estimate of drug-likeness (QED) is 0.723. The largest absolute Gasteiger partial charge is 0.369 e. The summed E-state index contributed by atoms with van der Waals surface area (Å²) in [6.07, 6.45) is 3.93. The SMILES string of the molecule is Cc1cc(N2CC[C@](C)(c3cccc(F)c3)C2)cn2nc(C34CC(CO3)C4N)nc12. The lowest BCUT2D eigenvalue weighted by Crippen LogP contribution is -2.55. The van der Waals surface area contributed by atoms with Crippen LogP contribution in [-0.4, -0.2) is 40.3 Å². The molecule has 6 nitrogen and oxygen atoms in total. The van der Waals surface area contributed by atoms with E-state index in [0.717, 1.165) is 48.4 Å². The zero-order chi connectivity index (χ0) is 20.7. The average molecular weight is 407 g/mol. The molecule has 1 aliphatic carbocycles. The molecule has 3 aromatic rings. The predicted molar refractivity (Wildman–Crippen MR) is 112 cm³/mol. The smallest absolute Gasteiger partial charge is 0.185 e. The van der Waals surface area contributed by atoms with Crippen molar-refractivity contribution in [2.45, 2.75) is 43.7 Å². The van der Waals surface area contributed by atoms with E-state index in [4.69, 9.17) is 20.6 Å². The Balaban J connectivity index is 1.33. The van der Waals surface area contributed by atoms with Gasteiger partial charge >= 0.3 is 0 Å². The van der Waals surface area contributed by atoms with Gasteiger partial charge in [0.2, 0.25) is 0 Å². The van der Waals surface area contributed by atoms with E-state index >= 15 is 0 Å². The minimum absolute atomic E-state index is 0.0137. The van der Waals surface area contributed by atoms with Crippen molar-refractivity contribution in [2.24, 2.45) is 11.7 Å². The Labute approximate surface area is 174 Å². The minimum atomic E-state index is -0.507. The summed E-state index contributed by atoms with van der Waals surface area (Å²) in [6.45, 7) is 6.73. The maximum absolute atomic E-state index is 13.8. The Morgan fingerprint density at radius 2 is 2.17 bits per heavy atom. The van der Waals surface area contributed by atoms with Crippen LogP contribution in [0.3, 0.4) is 0 Å². The van der Waals surface area contributed by atoms with Gasteiger partial charge in [0.15, 0.2) is 11.5 Å². The lowest BCUT2D eigenvalue weighted by Gasteiger charge is -2.40. The third-order valence-corrected chi connectivity index (χ3v) is 7.51. The number of benzene rings is 1. The molecule has 3 saturated heterocycles. The molecule has 5 heterocycles. The van der Waals surface area contributed by atoms with Crippen molar-refractivity contribution in [3.8, 4) is 0 Å². The van der Waals surface area contributed by atoms with Crippen LogP contribution < -0.4 is 10.6 Å². The number of pyridine rings is 1. The lowest BCUT2D eigenvalue weighted by atomic mass is 9.69. The summed E-state index contributed by atoms with van der Waals surface area (Å²) in [5, 5.41) is 4.78. The predicted octanol–water partition coefficient (Wildman–Crippen LogP) is 2.92. The number of nitrogens with two attached hydrogens (primary N) is 1. The van der Waals surface area contributed by atoms with E-state index in [1.807, 2.05) is 16.8 Å². The number of aromatic nitrogens is 3. The molecule has 1 saturated carbocycles. The fraction of sp³-hybridized carbons (Fsp3) is 0.478. The van der Waals surface area contributed by atoms with Crippen LogP contribution in [0, 0.1) is 18.7 Å². The zero-order valence-corrected chi connectivity index (χ0v) is 17.3. The van der Waals surface area contributed by atoms with E-state index in [1.54, 1.807) is 12.1 Å². The summed E-state index contributed by atoms with van der Waals surface area (Å²) in [6, 6.07) is 9.15. The number of nitrogens with zero attached hydrogens (tertiary/aromatic N) is 4. The van der Waals surface area contributed by atoms with Gasteiger partial charge in [0.1, 0.15) is 11.4 Å². The van der Waals surface area contributed by atoms with Gasteiger partial charge < -0.3 is 15.4 Å². The molecule has 30 heavy (non-hydrogen) atoms. The maximum atomic E-state index is 13.8. The van der Waals surface area contributed by atoms with Gasteiger partial charge in [-0.1, -0.05) is 19.1 Å². The second kappa shape index (κ2) is 6.02. The van der Waals surface area contributed by atoms with E-state index < -0.39 is 5.60 Å². The molecule has 4 aliphatic rings. The first-order valence-electron chi connectivity index (χ1n) is 10.7. The fourth-order valence-corrected chi connectivity index (χ4v) is 5.52. The molecule has 4 atom stereocenters. The molecular formula is C23H26FN5O. The highest BCUT2D eigenvalue weighted by Crippen LogP contribution is 2.53. The summed E-state index contributed by atoms with van der Waals surface area (Å²) < 4.78 is 21.6. The van der Waals surface area contributed by atoms with E-state index in [0.29, 0.717) is 18.3 Å². The molecule has 7 heteroatoms. The average Bonchev–Trinajstić information content (AvgIpc) is 3.49. The zero-order valence-electron chi connectivity index (χ0n) is 17.3. The summed E-state index contributed by atoms with van der Waals surface area (Å²) in [4.78, 5) is 7.15. The van der Waals surface area contributed by atoms with Gasteiger partial charge in [0.05, 0.1) is 18.5 Å². The first kappa shape index (κ1) is 18.3. The van der Waals surface area contributed by atoms with Gasteiger partial charge in [-0.05, 0) is 49.1 Å². The highest BCUT2D eigenvalue weighted by molar-refractivity contribution is 5.58. The monoisotopic (exact) mass is 407 g/mol. The second-order valence-electron chi connectivity index (χ2n) is 9.52. The molecule has 2 N–H and O–H groups in total. The Morgan fingerprint density at radius 1 is 1.30 bits per heavy atom. The van der Waals surface area contributed by atoms with Crippen LogP contribution in [0.1, 0.15) is 36.7 Å². The van der Waals surface area contributed by atoms with Crippen LogP contribution in [0.25, 0.3) is 5.65 Å². The van der Waals surface area contributed by atoms with Crippen molar-refractivity contribution >= 4 is 11.3 Å². The topological polar surface area (TPSA) is 68.7 Å². The molecular weight excluding hydrogens is 381 g/mol. The molecule has 4 fully saturated rings. The van der Waals surface area contributed by atoms with Crippen LogP contribution in [0.5, 0.6) is 0 Å². The third-order valence-electron chi connectivity index (χ3n) is 7.51. The molecule has 3 unspecified atom stereocenters. The van der Waals surface area contributed by atoms with Gasteiger partial charge in [-0.15, -0.1) is 5.10 Å². The van der Waals surface area contributed by atoms with Crippen LogP contribution in [-0.2, 0) is 15.8 Å². The molecule has 1 aromatic carbocycles. The summed E-state index contributed by atoms with van der Waals surface area (Å²) in [5.74, 6) is 0.956. The van der Waals surface area contributed by atoms with Crippen LogP contribution in [0.15, 0.2) is 36.5 Å². The van der Waals surface area contributed by atoms with Gasteiger partial charge in [0, 0.05) is 30.5 Å². The molecule has 0 spiro atoms. The fourth-order valence-electron chi connectivity index (χ4n) is 5.52. The standard InChI is InChI=1S/C23H26FN5O/c1-14-8-18(28-7-6-22(2,13-28)16-4-3-5-17(24)9-16)11-29-20(14)26-21(27-29)23-10-15(12-30-23)19(23)25/h3-5,8-9,11,15,19H,6-7,10,12-13,25H2,1-2H3/t15?,19?,22-,23?/m0/s1. The van der Waals surface area contributed by atoms with Crippen molar-refractivity contribution in [3.05, 3.63) is 59.3 Å².